The van der Waals surface area contributed by atoms with Gasteiger partial charge in [-0.15, -0.1) is 11.3 Å². The van der Waals surface area contributed by atoms with Gasteiger partial charge in [0.15, 0.2) is 5.13 Å². The molecular weight excluding hydrogens is 234 g/mol. The lowest BCUT2D eigenvalue weighted by atomic mass is 9.90. The number of hydrogen-bond acceptors (Lipinski definition) is 5. The molecule has 0 amide bonds. The number of thiazole rings is 1. The molecule has 3 rings (SSSR count). The van der Waals surface area contributed by atoms with E-state index in [2.05, 4.69) is 9.88 Å². The average molecular weight is 253 g/mol. The molecule has 1 saturated carbocycles. The predicted molar refractivity (Wildman–Crippen MR) is 69.3 cm³/mol. The first kappa shape index (κ1) is 11.4. The highest BCUT2D eigenvalue weighted by Gasteiger charge is 2.35. The van der Waals surface area contributed by atoms with Crippen molar-refractivity contribution < 1.29 is 4.74 Å². The van der Waals surface area contributed by atoms with Crippen LogP contribution in [0.4, 0.5) is 5.13 Å². The second-order valence-electron chi connectivity index (χ2n) is 4.77. The molecule has 2 fully saturated rings. The fourth-order valence-electron chi connectivity index (χ4n) is 2.86. The van der Waals surface area contributed by atoms with Gasteiger partial charge in [-0.2, -0.15) is 0 Å². The van der Waals surface area contributed by atoms with Crippen LogP contribution in [0.2, 0.25) is 0 Å². The van der Waals surface area contributed by atoms with Crippen molar-refractivity contribution in [3.8, 4) is 0 Å². The molecule has 17 heavy (non-hydrogen) atoms. The van der Waals surface area contributed by atoms with E-state index in [1.165, 1.54) is 30.6 Å². The van der Waals surface area contributed by atoms with E-state index < -0.39 is 0 Å². The average Bonchev–Trinajstić information content (AvgIpc) is 2.87. The first-order valence-corrected chi connectivity index (χ1v) is 7.23. The highest BCUT2D eigenvalue weighted by molar-refractivity contribution is 7.15. The fraction of sp³-hybridized carbons (Fsp3) is 0.750. The molecule has 0 bridgehead atoms. The van der Waals surface area contributed by atoms with Crippen molar-refractivity contribution in [1.82, 2.24) is 4.98 Å². The molecule has 2 unspecified atom stereocenters. The van der Waals surface area contributed by atoms with Crippen molar-refractivity contribution in [3.05, 3.63) is 11.1 Å². The Labute approximate surface area is 106 Å². The van der Waals surface area contributed by atoms with Crippen LogP contribution in [0.25, 0.3) is 0 Å². The maximum atomic E-state index is 5.88. The van der Waals surface area contributed by atoms with Crippen LogP contribution in [0, 0.1) is 0 Å². The number of fused-ring (bicyclic) bond motifs is 1. The summed E-state index contributed by atoms with van der Waals surface area (Å²) in [6, 6.07) is 0.536. The summed E-state index contributed by atoms with van der Waals surface area (Å²) in [7, 11) is 0. The van der Waals surface area contributed by atoms with Crippen molar-refractivity contribution >= 4 is 16.5 Å². The zero-order valence-electron chi connectivity index (χ0n) is 9.97. The van der Waals surface area contributed by atoms with E-state index in [1.54, 1.807) is 11.3 Å². The summed E-state index contributed by atoms with van der Waals surface area (Å²) in [6.45, 7) is 2.40. The van der Waals surface area contributed by atoms with Crippen LogP contribution in [0.1, 0.15) is 30.6 Å². The van der Waals surface area contributed by atoms with Crippen LogP contribution >= 0.6 is 11.3 Å². The standard InChI is InChI=1S/C12H19N3OS/c13-7-9-8-14-12(17-9)15-5-6-16-11-4-2-1-3-10(11)15/h8,10-11H,1-7,13H2. The number of rotatable bonds is 2. The van der Waals surface area contributed by atoms with E-state index in [9.17, 15) is 0 Å². The Hall–Kier alpha value is -0.650. The Kier molecular flexibility index (Phi) is 3.31. The third kappa shape index (κ3) is 2.19. The molecule has 2 aliphatic rings. The van der Waals surface area contributed by atoms with Gasteiger partial charge in [-0.1, -0.05) is 12.8 Å². The lowest BCUT2D eigenvalue weighted by Crippen LogP contribution is -2.52. The molecule has 2 N–H and O–H groups in total. The Morgan fingerprint density at radius 1 is 1.47 bits per heavy atom. The molecule has 4 nitrogen and oxygen atoms in total. The molecule has 2 heterocycles. The maximum absolute atomic E-state index is 5.88. The molecule has 1 aromatic rings. The van der Waals surface area contributed by atoms with Gasteiger partial charge in [-0.3, -0.25) is 0 Å². The van der Waals surface area contributed by atoms with E-state index in [1.807, 2.05) is 6.20 Å². The van der Waals surface area contributed by atoms with E-state index in [-0.39, 0.29) is 0 Å². The van der Waals surface area contributed by atoms with Crippen molar-refractivity contribution in [3.63, 3.8) is 0 Å². The quantitative estimate of drug-likeness (QED) is 0.872. The lowest BCUT2D eigenvalue weighted by molar-refractivity contribution is -0.00868. The molecule has 2 atom stereocenters. The molecule has 94 valence electrons. The van der Waals surface area contributed by atoms with E-state index in [0.29, 0.717) is 18.7 Å². The first-order valence-electron chi connectivity index (χ1n) is 6.41. The molecule has 5 heteroatoms. The Morgan fingerprint density at radius 2 is 2.35 bits per heavy atom. The minimum absolute atomic E-state index is 0.419. The lowest BCUT2D eigenvalue weighted by Gasteiger charge is -2.43. The molecule has 0 spiro atoms. The highest BCUT2D eigenvalue weighted by atomic mass is 32.1. The summed E-state index contributed by atoms with van der Waals surface area (Å²) in [5, 5.41) is 1.13. The number of nitrogens with two attached hydrogens (primary N) is 1. The van der Waals surface area contributed by atoms with Crippen molar-refractivity contribution in [2.24, 2.45) is 5.73 Å². The van der Waals surface area contributed by atoms with Gasteiger partial charge in [0.1, 0.15) is 0 Å². The zero-order valence-corrected chi connectivity index (χ0v) is 10.8. The summed E-state index contributed by atoms with van der Waals surface area (Å²) in [6.07, 6.45) is 7.39. The number of ether oxygens (including phenoxy) is 1. The van der Waals surface area contributed by atoms with Crippen molar-refractivity contribution in [2.75, 3.05) is 18.1 Å². The van der Waals surface area contributed by atoms with Crippen LogP contribution in [0.5, 0.6) is 0 Å². The van der Waals surface area contributed by atoms with Gasteiger partial charge < -0.3 is 15.4 Å². The minimum Gasteiger partial charge on any atom is -0.374 e. The largest absolute Gasteiger partial charge is 0.374 e. The monoisotopic (exact) mass is 253 g/mol. The summed E-state index contributed by atoms with van der Waals surface area (Å²) >= 11 is 1.73. The summed E-state index contributed by atoms with van der Waals surface area (Å²) in [4.78, 5) is 8.12. The number of anilines is 1. The Bertz CT molecular complexity index is 380. The van der Waals surface area contributed by atoms with Crippen LogP contribution in [-0.2, 0) is 11.3 Å². The third-order valence-corrected chi connectivity index (χ3v) is 4.78. The fourth-order valence-corrected chi connectivity index (χ4v) is 3.73. The Balaban J connectivity index is 1.80. The SMILES string of the molecule is NCc1cnc(N2CCOC3CCCCC32)s1. The zero-order chi connectivity index (χ0) is 11.7. The van der Waals surface area contributed by atoms with Gasteiger partial charge in [0.25, 0.3) is 0 Å². The van der Waals surface area contributed by atoms with Crippen molar-refractivity contribution in [1.29, 1.82) is 0 Å². The second kappa shape index (κ2) is 4.92. The number of hydrogen-bond donors (Lipinski definition) is 1. The van der Waals surface area contributed by atoms with Crippen LogP contribution < -0.4 is 10.6 Å². The third-order valence-electron chi connectivity index (χ3n) is 3.72. The van der Waals surface area contributed by atoms with E-state index >= 15 is 0 Å². The smallest absolute Gasteiger partial charge is 0.185 e. The summed E-state index contributed by atoms with van der Waals surface area (Å²) < 4.78 is 5.88. The number of nitrogens with zero attached hydrogens (tertiary/aromatic N) is 2. The Morgan fingerprint density at radius 3 is 3.18 bits per heavy atom. The first-order chi connectivity index (χ1) is 8.38. The molecule has 0 radical (unpaired) electrons. The molecule has 1 saturated heterocycles. The van der Waals surface area contributed by atoms with Gasteiger partial charge in [0, 0.05) is 24.2 Å². The van der Waals surface area contributed by atoms with Gasteiger partial charge in [-0.05, 0) is 12.8 Å². The molecule has 1 aliphatic carbocycles. The van der Waals surface area contributed by atoms with Gasteiger partial charge in [0.05, 0.1) is 18.8 Å². The molecule has 1 aromatic heterocycles. The van der Waals surface area contributed by atoms with Crippen LogP contribution in [0.15, 0.2) is 6.20 Å². The molecule has 1 aliphatic heterocycles. The van der Waals surface area contributed by atoms with Crippen LogP contribution in [-0.4, -0.2) is 30.3 Å². The predicted octanol–water partition coefficient (Wildman–Crippen LogP) is 1.75. The van der Waals surface area contributed by atoms with E-state index in [0.717, 1.165) is 18.3 Å². The summed E-state index contributed by atoms with van der Waals surface area (Å²) in [5.74, 6) is 0. The van der Waals surface area contributed by atoms with Crippen LogP contribution in [0.3, 0.4) is 0 Å². The molecule has 0 aromatic carbocycles. The number of morpholine rings is 1. The molecular formula is C12H19N3OS. The normalized spacial score (nSPS) is 29.1. The number of aromatic nitrogens is 1. The van der Waals surface area contributed by atoms with Gasteiger partial charge in [-0.25, -0.2) is 4.98 Å². The van der Waals surface area contributed by atoms with Gasteiger partial charge in [0.2, 0.25) is 0 Å². The maximum Gasteiger partial charge on any atom is 0.185 e. The topological polar surface area (TPSA) is 51.4 Å². The second-order valence-corrected chi connectivity index (χ2v) is 5.86. The highest BCUT2D eigenvalue weighted by Crippen LogP contribution is 2.33. The summed E-state index contributed by atoms with van der Waals surface area (Å²) in [5.41, 5.74) is 5.65. The minimum atomic E-state index is 0.419. The van der Waals surface area contributed by atoms with Gasteiger partial charge >= 0.3 is 0 Å². The van der Waals surface area contributed by atoms with E-state index in [4.69, 9.17) is 10.5 Å². The van der Waals surface area contributed by atoms with Crippen molar-refractivity contribution in [2.45, 2.75) is 44.4 Å².